The Morgan fingerprint density at radius 1 is 1.12 bits per heavy atom. The molecule has 0 bridgehead atoms. The van der Waals surface area contributed by atoms with Gasteiger partial charge >= 0.3 is 5.97 Å². The van der Waals surface area contributed by atoms with Crippen molar-refractivity contribution in [2.75, 3.05) is 7.11 Å². The number of hydrogen-bond acceptors (Lipinski definition) is 4. The first-order chi connectivity index (χ1) is 11.7. The van der Waals surface area contributed by atoms with Gasteiger partial charge in [0.15, 0.2) is 5.70 Å². The van der Waals surface area contributed by atoms with Crippen molar-refractivity contribution in [3.8, 4) is 5.75 Å². The quantitative estimate of drug-likeness (QED) is 0.636. The molecule has 0 saturated heterocycles. The average molecular weight is 323 g/mol. The van der Waals surface area contributed by atoms with Gasteiger partial charge in [-0.15, -0.1) is 0 Å². The molecule has 0 saturated carbocycles. The normalized spacial score (nSPS) is 15.7. The third kappa shape index (κ3) is 3.25. The number of halogens is 1. The van der Waals surface area contributed by atoms with E-state index in [-0.39, 0.29) is 17.2 Å². The number of cyclic esters (lactones) is 1. The van der Waals surface area contributed by atoms with Gasteiger partial charge in [-0.25, -0.2) is 14.2 Å². The molecule has 0 fully saturated rings. The zero-order valence-electron chi connectivity index (χ0n) is 12.9. The number of benzene rings is 2. The lowest BCUT2D eigenvalue weighted by Gasteiger charge is -2.02. The number of aliphatic imine (C=N–C) groups is 1. The number of ether oxygens (including phenoxy) is 2. The maximum Gasteiger partial charge on any atom is 0.363 e. The Hall–Kier alpha value is -3.21. The highest BCUT2D eigenvalue weighted by atomic mass is 19.1. The van der Waals surface area contributed by atoms with Crippen LogP contribution in [0.15, 0.2) is 71.4 Å². The van der Waals surface area contributed by atoms with E-state index < -0.39 is 11.8 Å². The number of allylic oxidation sites excluding steroid dienone is 2. The summed E-state index contributed by atoms with van der Waals surface area (Å²) in [5.41, 5.74) is 1.13. The molecule has 3 rings (SSSR count). The zero-order valence-corrected chi connectivity index (χ0v) is 12.9. The summed E-state index contributed by atoms with van der Waals surface area (Å²) in [7, 11) is 1.59. The fourth-order valence-corrected chi connectivity index (χ4v) is 2.22. The highest BCUT2D eigenvalue weighted by Crippen LogP contribution is 2.21. The number of carbonyl (C=O) groups excluding carboxylic acids is 1. The third-order valence-electron chi connectivity index (χ3n) is 3.39. The monoisotopic (exact) mass is 323 g/mol. The van der Waals surface area contributed by atoms with Gasteiger partial charge in [0.25, 0.3) is 0 Å². The molecule has 5 heteroatoms. The minimum Gasteiger partial charge on any atom is -0.496 e. The molecule has 0 spiro atoms. The van der Waals surface area contributed by atoms with Crippen LogP contribution < -0.4 is 4.74 Å². The van der Waals surface area contributed by atoms with Crippen molar-refractivity contribution in [2.24, 2.45) is 4.99 Å². The number of carbonyl (C=O) groups is 1. The minimum atomic E-state index is -0.613. The molecule has 0 unspecified atom stereocenters. The maximum atomic E-state index is 13.7. The van der Waals surface area contributed by atoms with Crippen LogP contribution in [0.3, 0.4) is 0 Å². The molecule has 120 valence electrons. The molecular formula is C19H14FNO3. The summed E-state index contributed by atoms with van der Waals surface area (Å²) in [5.74, 6) is -0.417. The molecule has 24 heavy (non-hydrogen) atoms. The van der Waals surface area contributed by atoms with Gasteiger partial charge in [-0.1, -0.05) is 42.5 Å². The molecule has 0 aliphatic carbocycles. The first-order valence-electron chi connectivity index (χ1n) is 7.26. The van der Waals surface area contributed by atoms with Crippen LogP contribution in [0.25, 0.3) is 6.08 Å². The molecule has 2 aromatic rings. The highest BCUT2D eigenvalue weighted by molar-refractivity contribution is 6.11. The second-order valence-electron chi connectivity index (χ2n) is 4.94. The van der Waals surface area contributed by atoms with Crippen molar-refractivity contribution in [1.29, 1.82) is 0 Å². The van der Waals surface area contributed by atoms with Crippen LogP contribution >= 0.6 is 0 Å². The van der Waals surface area contributed by atoms with Gasteiger partial charge < -0.3 is 9.47 Å². The molecule has 0 amide bonds. The summed E-state index contributed by atoms with van der Waals surface area (Å²) in [5, 5.41) is 0. The lowest BCUT2D eigenvalue weighted by Crippen LogP contribution is -2.07. The van der Waals surface area contributed by atoms with E-state index in [2.05, 4.69) is 4.99 Å². The Kier molecular flexibility index (Phi) is 4.52. The molecule has 1 aliphatic heterocycles. The van der Waals surface area contributed by atoms with Crippen LogP contribution in [0.1, 0.15) is 11.1 Å². The number of rotatable bonds is 4. The second-order valence-corrected chi connectivity index (χ2v) is 4.94. The maximum absolute atomic E-state index is 13.7. The second kappa shape index (κ2) is 6.91. The molecule has 0 atom stereocenters. The van der Waals surface area contributed by atoms with Crippen LogP contribution in [0.2, 0.25) is 0 Å². The van der Waals surface area contributed by atoms with Crippen molar-refractivity contribution in [2.45, 2.75) is 0 Å². The van der Waals surface area contributed by atoms with Crippen molar-refractivity contribution >= 4 is 17.9 Å². The van der Waals surface area contributed by atoms with Crippen molar-refractivity contribution in [3.05, 3.63) is 83.3 Å². The minimum absolute atomic E-state index is 0.0324. The standard InChI is InChI=1S/C19H14FNO3/c1-23-17-12-5-2-7-13(17)8-6-11-16-19(22)24-18(21-16)14-9-3-4-10-15(14)20/h2-12H,1H3. The van der Waals surface area contributed by atoms with E-state index in [1.54, 1.807) is 31.4 Å². The van der Waals surface area contributed by atoms with E-state index in [0.717, 1.165) is 11.3 Å². The van der Waals surface area contributed by atoms with E-state index in [9.17, 15) is 9.18 Å². The Morgan fingerprint density at radius 2 is 1.88 bits per heavy atom. The lowest BCUT2D eigenvalue weighted by atomic mass is 10.2. The number of nitrogens with zero attached hydrogens (tertiary/aromatic N) is 1. The van der Waals surface area contributed by atoms with Crippen LogP contribution in [0.5, 0.6) is 5.75 Å². The fraction of sp³-hybridized carbons (Fsp3) is 0.0526. The van der Waals surface area contributed by atoms with E-state index in [4.69, 9.17) is 9.47 Å². The smallest absolute Gasteiger partial charge is 0.363 e. The summed E-state index contributed by atoms with van der Waals surface area (Å²) in [6.07, 6.45) is 4.97. The van der Waals surface area contributed by atoms with Crippen molar-refractivity contribution in [1.82, 2.24) is 0 Å². The van der Waals surface area contributed by atoms with Gasteiger partial charge in [0.1, 0.15) is 11.6 Å². The number of esters is 1. The molecule has 4 nitrogen and oxygen atoms in total. The van der Waals surface area contributed by atoms with Crippen molar-refractivity contribution < 1.29 is 18.7 Å². The molecule has 2 aromatic carbocycles. The van der Waals surface area contributed by atoms with Crippen LogP contribution in [-0.2, 0) is 9.53 Å². The summed E-state index contributed by atoms with van der Waals surface area (Å²) in [6.45, 7) is 0. The van der Waals surface area contributed by atoms with Gasteiger partial charge in [-0.3, -0.25) is 0 Å². The van der Waals surface area contributed by atoms with E-state index in [1.807, 2.05) is 24.3 Å². The van der Waals surface area contributed by atoms with Crippen LogP contribution in [0, 0.1) is 5.82 Å². The fourth-order valence-electron chi connectivity index (χ4n) is 2.22. The van der Waals surface area contributed by atoms with Crippen molar-refractivity contribution in [3.63, 3.8) is 0 Å². The lowest BCUT2D eigenvalue weighted by molar-refractivity contribution is -0.130. The molecule has 0 N–H and O–H groups in total. The first-order valence-corrected chi connectivity index (χ1v) is 7.26. The SMILES string of the molecule is COc1ccccc1C=CC=C1N=C(c2ccccc2F)OC1=O. The predicted molar refractivity (Wildman–Crippen MR) is 89.1 cm³/mol. The Bertz CT molecular complexity index is 868. The Morgan fingerprint density at radius 3 is 2.67 bits per heavy atom. The topological polar surface area (TPSA) is 47.9 Å². The molecular weight excluding hydrogens is 309 g/mol. The Balaban J connectivity index is 1.84. The first kappa shape index (κ1) is 15.7. The molecule has 1 aliphatic rings. The van der Waals surface area contributed by atoms with Gasteiger partial charge in [-0.05, 0) is 24.3 Å². The molecule has 0 radical (unpaired) electrons. The summed E-state index contributed by atoms with van der Waals surface area (Å²) in [6, 6.07) is 13.5. The largest absolute Gasteiger partial charge is 0.496 e. The number of hydrogen-bond donors (Lipinski definition) is 0. The Labute approximate surface area is 138 Å². The van der Waals surface area contributed by atoms with E-state index in [1.165, 1.54) is 18.2 Å². The molecule has 1 heterocycles. The summed E-state index contributed by atoms with van der Waals surface area (Å²) >= 11 is 0. The van der Waals surface area contributed by atoms with Gasteiger partial charge in [0.05, 0.1) is 12.7 Å². The van der Waals surface area contributed by atoms with E-state index >= 15 is 0 Å². The average Bonchev–Trinajstić information content (AvgIpc) is 2.96. The zero-order chi connectivity index (χ0) is 16.9. The number of methoxy groups -OCH3 is 1. The van der Waals surface area contributed by atoms with Gasteiger partial charge in [0.2, 0.25) is 5.90 Å². The summed E-state index contributed by atoms with van der Waals surface area (Å²) in [4.78, 5) is 15.9. The predicted octanol–water partition coefficient (Wildman–Crippen LogP) is 3.74. The highest BCUT2D eigenvalue weighted by Gasteiger charge is 2.25. The summed E-state index contributed by atoms with van der Waals surface area (Å²) < 4.78 is 24.0. The van der Waals surface area contributed by atoms with Crippen LogP contribution in [-0.4, -0.2) is 19.0 Å². The van der Waals surface area contributed by atoms with Crippen LogP contribution in [0.4, 0.5) is 4.39 Å². The van der Waals surface area contributed by atoms with Gasteiger partial charge in [0, 0.05) is 5.56 Å². The molecule has 0 aromatic heterocycles. The third-order valence-corrected chi connectivity index (χ3v) is 3.39. The van der Waals surface area contributed by atoms with E-state index in [0.29, 0.717) is 0 Å². The number of para-hydroxylation sites is 1. The van der Waals surface area contributed by atoms with Gasteiger partial charge in [-0.2, -0.15) is 0 Å².